The molecule has 4 nitrogen and oxygen atoms in total. The molecule has 6 rings (SSSR count). The van der Waals surface area contributed by atoms with Crippen molar-refractivity contribution >= 4 is 23.6 Å². The number of benzene rings is 3. The number of rotatable bonds is 2. The molecule has 0 spiro atoms. The molecule has 1 fully saturated rings. The molecule has 1 saturated heterocycles. The van der Waals surface area contributed by atoms with Gasteiger partial charge in [-0.2, -0.15) is 0 Å². The van der Waals surface area contributed by atoms with Crippen LogP contribution in [0, 0.1) is 5.92 Å². The second kappa shape index (κ2) is 6.95. The second-order valence-electron chi connectivity index (χ2n) is 8.44. The first-order valence-corrected chi connectivity index (χ1v) is 10.8. The van der Waals surface area contributed by atoms with Crippen LogP contribution in [0.15, 0.2) is 84.4 Å². The van der Waals surface area contributed by atoms with Crippen LogP contribution in [0.3, 0.4) is 0 Å². The van der Waals surface area contributed by atoms with Gasteiger partial charge in [-0.05, 0) is 40.8 Å². The number of likely N-dealkylation sites (tertiary alicyclic amines) is 1. The van der Waals surface area contributed by atoms with Gasteiger partial charge in [0, 0.05) is 17.8 Å². The van der Waals surface area contributed by atoms with E-state index >= 15 is 0 Å². The van der Waals surface area contributed by atoms with Crippen LogP contribution in [0.25, 0.3) is 6.08 Å². The Morgan fingerprint density at radius 2 is 1.58 bits per heavy atom. The van der Waals surface area contributed by atoms with Crippen molar-refractivity contribution in [2.75, 3.05) is 11.4 Å². The zero-order chi connectivity index (χ0) is 20.9. The molecule has 3 aromatic carbocycles. The summed E-state index contributed by atoms with van der Waals surface area (Å²) in [5.41, 5.74) is 6.10. The minimum atomic E-state index is -0.495. The maximum Gasteiger partial charge on any atom is 0.257 e. The fourth-order valence-corrected chi connectivity index (χ4v) is 5.33. The molecule has 152 valence electrons. The predicted molar refractivity (Wildman–Crippen MR) is 120 cm³/mol. The molecule has 0 aromatic heterocycles. The molecule has 31 heavy (non-hydrogen) atoms. The Morgan fingerprint density at radius 1 is 0.839 bits per heavy atom. The smallest absolute Gasteiger partial charge is 0.257 e. The van der Waals surface area contributed by atoms with Gasteiger partial charge in [0.25, 0.3) is 5.91 Å². The highest BCUT2D eigenvalue weighted by molar-refractivity contribution is 6.18. The van der Waals surface area contributed by atoms with Crippen LogP contribution in [0.1, 0.15) is 28.3 Å². The van der Waals surface area contributed by atoms with Crippen molar-refractivity contribution < 1.29 is 9.59 Å². The van der Waals surface area contributed by atoms with Gasteiger partial charge in [0.1, 0.15) is 0 Å². The summed E-state index contributed by atoms with van der Waals surface area (Å²) >= 11 is 0. The van der Waals surface area contributed by atoms with Gasteiger partial charge in [-0.1, -0.05) is 72.8 Å². The first-order chi connectivity index (χ1) is 15.2. The van der Waals surface area contributed by atoms with Crippen LogP contribution in [0.5, 0.6) is 0 Å². The molecule has 3 heterocycles. The lowest BCUT2D eigenvalue weighted by atomic mass is 9.82. The SMILES string of the molecule is O=C1C2=Cc3ccccc3N3CCc4ccccc4C3C2C(=O)N1Cc1ccccc1. The van der Waals surface area contributed by atoms with Crippen molar-refractivity contribution in [3.63, 3.8) is 0 Å². The van der Waals surface area contributed by atoms with Crippen LogP contribution >= 0.6 is 0 Å². The van der Waals surface area contributed by atoms with Gasteiger partial charge in [0.2, 0.25) is 5.91 Å². The van der Waals surface area contributed by atoms with Gasteiger partial charge in [-0.3, -0.25) is 14.5 Å². The number of carbonyl (C=O) groups excluding carboxylic acids is 2. The van der Waals surface area contributed by atoms with Crippen LogP contribution in [-0.4, -0.2) is 23.3 Å². The van der Waals surface area contributed by atoms with E-state index in [4.69, 9.17) is 0 Å². The van der Waals surface area contributed by atoms with Crippen LogP contribution in [-0.2, 0) is 22.6 Å². The number of imide groups is 1. The average Bonchev–Trinajstić information content (AvgIpc) is 2.96. The first kappa shape index (κ1) is 18.1. The standard InChI is InChI=1S/C27H22N2O2/c30-26-22-16-20-11-5-7-13-23(20)28-15-14-19-10-4-6-12-21(19)25(28)24(22)27(31)29(26)17-18-8-2-1-3-9-18/h1-13,16,24-25H,14-15,17H2. The minimum Gasteiger partial charge on any atom is -0.363 e. The number of hydrogen-bond donors (Lipinski definition) is 0. The molecule has 2 amide bonds. The molecule has 2 atom stereocenters. The molecular weight excluding hydrogens is 384 g/mol. The van der Waals surface area contributed by atoms with Crippen molar-refractivity contribution in [1.82, 2.24) is 4.90 Å². The number of nitrogens with zero attached hydrogens (tertiary/aromatic N) is 2. The summed E-state index contributed by atoms with van der Waals surface area (Å²) in [6.45, 7) is 1.14. The van der Waals surface area contributed by atoms with Gasteiger partial charge >= 0.3 is 0 Å². The first-order valence-electron chi connectivity index (χ1n) is 10.8. The van der Waals surface area contributed by atoms with E-state index in [2.05, 4.69) is 29.2 Å². The van der Waals surface area contributed by atoms with E-state index in [0.29, 0.717) is 12.1 Å². The van der Waals surface area contributed by atoms with Crippen LogP contribution < -0.4 is 4.90 Å². The highest BCUT2D eigenvalue weighted by Gasteiger charge is 2.51. The van der Waals surface area contributed by atoms with Crippen molar-refractivity contribution in [3.8, 4) is 0 Å². The summed E-state index contributed by atoms with van der Waals surface area (Å²) in [7, 11) is 0. The summed E-state index contributed by atoms with van der Waals surface area (Å²) < 4.78 is 0. The van der Waals surface area contributed by atoms with Crippen molar-refractivity contribution in [2.45, 2.75) is 19.0 Å². The minimum absolute atomic E-state index is 0.0976. The lowest BCUT2D eigenvalue weighted by Gasteiger charge is -2.41. The molecule has 2 unspecified atom stereocenters. The van der Waals surface area contributed by atoms with Crippen molar-refractivity contribution in [1.29, 1.82) is 0 Å². The number of para-hydroxylation sites is 1. The molecule has 3 aliphatic rings. The molecule has 4 heteroatoms. The van der Waals surface area contributed by atoms with E-state index in [0.717, 1.165) is 35.3 Å². The molecule has 0 N–H and O–H groups in total. The molecule has 0 bridgehead atoms. The highest BCUT2D eigenvalue weighted by atomic mass is 16.2. The summed E-state index contributed by atoms with van der Waals surface area (Å²) in [5.74, 6) is -0.761. The van der Waals surface area contributed by atoms with Crippen molar-refractivity contribution in [2.24, 2.45) is 5.92 Å². The van der Waals surface area contributed by atoms with Gasteiger partial charge in [-0.25, -0.2) is 0 Å². The maximum absolute atomic E-state index is 13.8. The lowest BCUT2D eigenvalue weighted by molar-refractivity contribution is -0.140. The predicted octanol–water partition coefficient (Wildman–Crippen LogP) is 4.37. The third-order valence-corrected chi connectivity index (χ3v) is 6.75. The average molecular weight is 406 g/mol. The van der Waals surface area contributed by atoms with Crippen LogP contribution in [0.2, 0.25) is 0 Å². The third-order valence-electron chi connectivity index (χ3n) is 6.75. The second-order valence-corrected chi connectivity index (χ2v) is 8.44. The molecular formula is C27H22N2O2. The Morgan fingerprint density at radius 3 is 2.45 bits per heavy atom. The summed E-state index contributed by atoms with van der Waals surface area (Å²) in [4.78, 5) is 31.1. The molecule has 3 aliphatic heterocycles. The number of amides is 2. The third kappa shape index (κ3) is 2.75. The topological polar surface area (TPSA) is 40.6 Å². The van der Waals surface area contributed by atoms with Crippen molar-refractivity contribution in [3.05, 3.63) is 107 Å². The number of carbonyl (C=O) groups is 2. The lowest BCUT2D eigenvalue weighted by Crippen LogP contribution is -2.42. The van der Waals surface area contributed by atoms with Gasteiger partial charge in [0.05, 0.1) is 18.5 Å². The van der Waals surface area contributed by atoms with Gasteiger partial charge in [-0.15, -0.1) is 0 Å². The van der Waals surface area contributed by atoms with E-state index in [9.17, 15) is 9.59 Å². The van der Waals surface area contributed by atoms with E-state index in [-0.39, 0.29) is 17.9 Å². The highest BCUT2D eigenvalue weighted by Crippen LogP contribution is 2.48. The molecule has 0 saturated carbocycles. The Kier molecular flexibility index (Phi) is 4.06. The number of fused-ring (bicyclic) bond motifs is 7. The van der Waals surface area contributed by atoms with Gasteiger partial charge in [0.15, 0.2) is 0 Å². The maximum atomic E-state index is 13.8. The van der Waals surface area contributed by atoms with E-state index in [1.807, 2.05) is 60.7 Å². The Labute approximate surface area is 181 Å². The number of anilines is 1. The molecule has 0 radical (unpaired) electrons. The Balaban J connectivity index is 1.52. The van der Waals surface area contributed by atoms with Crippen LogP contribution in [0.4, 0.5) is 5.69 Å². The summed E-state index contributed by atoms with van der Waals surface area (Å²) in [6, 6.07) is 26.1. The molecule has 3 aromatic rings. The largest absolute Gasteiger partial charge is 0.363 e. The fraction of sp³-hybridized carbons (Fsp3) is 0.185. The summed E-state index contributed by atoms with van der Waals surface area (Å²) in [5, 5.41) is 0. The number of hydrogen-bond acceptors (Lipinski definition) is 3. The van der Waals surface area contributed by atoms with E-state index in [1.54, 1.807) is 0 Å². The van der Waals surface area contributed by atoms with E-state index < -0.39 is 5.92 Å². The fourth-order valence-electron chi connectivity index (χ4n) is 5.33. The Bertz CT molecular complexity index is 1230. The summed E-state index contributed by atoms with van der Waals surface area (Å²) in [6.07, 6.45) is 2.88. The Hall–Kier alpha value is -3.66. The molecule has 0 aliphatic carbocycles. The quantitative estimate of drug-likeness (QED) is 0.594. The van der Waals surface area contributed by atoms with Gasteiger partial charge < -0.3 is 4.90 Å². The van der Waals surface area contributed by atoms with E-state index in [1.165, 1.54) is 10.5 Å². The zero-order valence-electron chi connectivity index (χ0n) is 17.1. The normalized spacial score (nSPS) is 21.6. The zero-order valence-corrected chi connectivity index (χ0v) is 17.1. The monoisotopic (exact) mass is 406 g/mol.